The molecule has 2 heterocycles. The maximum absolute atomic E-state index is 6.67. The Kier molecular flexibility index (Phi) is 5.49. The van der Waals surface area contributed by atoms with Gasteiger partial charge in [-0.1, -0.05) is 54.8 Å². The van der Waals surface area contributed by atoms with Crippen molar-refractivity contribution in [2.24, 2.45) is 0 Å². The molecular weight excluding hydrogens is 412 g/mol. The largest absolute Gasteiger partial charge is 0.347 e. The van der Waals surface area contributed by atoms with Gasteiger partial charge in [-0.2, -0.15) is 4.58 Å². The van der Waals surface area contributed by atoms with Gasteiger partial charge in [0.2, 0.25) is 5.69 Å². The van der Waals surface area contributed by atoms with E-state index in [1.165, 1.54) is 45.0 Å². The van der Waals surface area contributed by atoms with Crippen LogP contribution in [-0.4, -0.2) is 24.4 Å². The van der Waals surface area contributed by atoms with Crippen molar-refractivity contribution < 1.29 is 4.58 Å². The molecule has 3 heteroatoms. The predicted molar refractivity (Wildman–Crippen MR) is 139 cm³/mol. The Morgan fingerprint density at radius 3 is 2.25 bits per heavy atom. The number of rotatable bonds is 3. The third-order valence-corrected chi connectivity index (χ3v) is 7.43. The van der Waals surface area contributed by atoms with Crippen LogP contribution in [0.5, 0.6) is 0 Å². The van der Waals surface area contributed by atoms with E-state index >= 15 is 0 Å². The quantitative estimate of drug-likeness (QED) is 0.354. The first-order chi connectivity index (χ1) is 14.9. The first-order valence-electron chi connectivity index (χ1n) is 11.3. The van der Waals surface area contributed by atoms with E-state index in [2.05, 4.69) is 114 Å². The first kappa shape index (κ1) is 22.6. The predicted octanol–water partition coefficient (Wildman–Crippen LogP) is 7.30. The number of aryl methyl sites for hydroxylation is 2. The Morgan fingerprint density at radius 2 is 1.56 bits per heavy atom. The van der Waals surface area contributed by atoms with Crippen molar-refractivity contribution in [3.05, 3.63) is 93.7 Å². The minimum Gasteiger partial charge on any atom is -0.347 e. The van der Waals surface area contributed by atoms with Crippen molar-refractivity contribution in [1.29, 1.82) is 0 Å². The third kappa shape index (κ3) is 3.55. The van der Waals surface area contributed by atoms with Crippen LogP contribution in [0.4, 0.5) is 11.4 Å². The summed E-state index contributed by atoms with van der Waals surface area (Å²) in [7, 11) is 4.27. The fourth-order valence-corrected chi connectivity index (χ4v) is 5.40. The first-order valence-corrected chi connectivity index (χ1v) is 11.7. The molecule has 166 valence electrons. The number of halogens is 1. The Morgan fingerprint density at radius 1 is 0.938 bits per heavy atom. The van der Waals surface area contributed by atoms with Gasteiger partial charge in [-0.3, -0.25) is 0 Å². The second kappa shape index (κ2) is 7.78. The zero-order valence-corrected chi connectivity index (χ0v) is 21.3. The molecule has 0 aliphatic carbocycles. The molecule has 0 fully saturated rings. The van der Waals surface area contributed by atoms with Gasteiger partial charge in [-0.15, -0.1) is 0 Å². The highest BCUT2D eigenvalue weighted by atomic mass is 35.5. The molecule has 0 spiro atoms. The molecule has 0 atom stereocenters. The highest BCUT2D eigenvalue weighted by molar-refractivity contribution is 6.31. The van der Waals surface area contributed by atoms with Crippen LogP contribution in [0.2, 0.25) is 0 Å². The van der Waals surface area contributed by atoms with Crippen molar-refractivity contribution in [1.82, 2.24) is 0 Å². The maximum Gasteiger partial charge on any atom is 0.209 e. The molecule has 2 aliphatic heterocycles. The van der Waals surface area contributed by atoms with E-state index in [9.17, 15) is 0 Å². The van der Waals surface area contributed by atoms with Crippen LogP contribution >= 0.6 is 11.6 Å². The van der Waals surface area contributed by atoms with Gasteiger partial charge in [0, 0.05) is 46.6 Å². The minimum atomic E-state index is -0.0601. The molecule has 2 aromatic rings. The number of anilines is 1. The van der Waals surface area contributed by atoms with Crippen molar-refractivity contribution in [2.75, 3.05) is 19.0 Å². The molecule has 0 bridgehead atoms. The third-order valence-electron chi connectivity index (χ3n) is 7.18. The molecular formula is C29H34ClN2+. The molecule has 0 aromatic heterocycles. The lowest BCUT2D eigenvalue weighted by Crippen LogP contribution is -2.26. The molecule has 0 saturated heterocycles. The number of benzene rings is 2. The van der Waals surface area contributed by atoms with Crippen LogP contribution < -0.4 is 4.90 Å². The molecule has 0 amide bonds. The monoisotopic (exact) mass is 445 g/mol. The summed E-state index contributed by atoms with van der Waals surface area (Å²) in [5.74, 6) is 0. The van der Waals surface area contributed by atoms with Gasteiger partial charge < -0.3 is 4.90 Å². The summed E-state index contributed by atoms with van der Waals surface area (Å²) in [5, 5.41) is 0.720. The summed E-state index contributed by atoms with van der Waals surface area (Å²) < 4.78 is 2.28. The van der Waals surface area contributed by atoms with Gasteiger partial charge in [-0.05, 0) is 63.6 Å². The highest BCUT2D eigenvalue weighted by Gasteiger charge is 2.43. The number of fused-ring (bicyclic) bond motifs is 2. The standard InChI is InChI=1S/C29H34ClN2/c1-19-9-13-24-22(17-19)28(3,4)26(31(24)7)15-11-21(30)12-16-27-29(5,6)23-18-20(2)10-14-25(23)32(27)8/h9-18H,1-8H3/q+1. The van der Waals surface area contributed by atoms with Gasteiger partial charge in [-0.25, -0.2) is 0 Å². The number of nitrogens with zero attached hydrogens (tertiary/aromatic N) is 2. The van der Waals surface area contributed by atoms with Crippen LogP contribution in [0.25, 0.3) is 0 Å². The summed E-state index contributed by atoms with van der Waals surface area (Å²) in [6.45, 7) is 13.4. The van der Waals surface area contributed by atoms with E-state index in [1.807, 2.05) is 12.2 Å². The topological polar surface area (TPSA) is 6.25 Å². The second-order valence-corrected chi connectivity index (χ2v) is 10.7. The summed E-state index contributed by atoms with van der Waals surface area (Å²) in [5.41, 5.74) is 10.2. The Hall–Kier alpha value is -2.58. The fraction of sp³-hybridized carbons (Fsp3) is 0.345. The minimum absolute atomic E-state index is 0.0601. The molecule has 0 radical (unpaired) electrons. The van der Waals surface area contributed by atoms with Gasteiger partial charge in [0.1, 0.15) is 7.05 Å². The van der Waals surface area contributed by atoms with Crippen LogP contribution in [0.3, 0.4) is 0 Å². The molecule has 4 rings (SSSR count). The molecule has 0 unspecified atom stereocenters. The van der Waals surface area contributed by atoms with Gasteiger partial charge in [0.05, 0.1) is 5.41 Å². The number of likely N-dealkylation sites (N-methyl/N-ethyl adjacent to an activating group) is 1. The SMILES string of the molecule is Cc1ccc2c(c1)C(C)(C)C(/C=C/C(Cl)=C/C=C1\N(C)c3ccc(C)cc3C1(C)C)=[N+]2C. The average Bonchev–Trinajstić information content (AvgIpc) is 3.02. The van der Waals surface area contributed by atoms with Gasteiger partial charge >= 0.3 is 0 Å². The number of hydrogen-bond donors (Lipinski definition) is 0. The average molecular weight is 446 g/mol. The lowest BCUT2D eigenvalue weighted by atomic mass is 9.81. The van der Waals surface area contributed by atoms with Crippen LogP contribution in [0, 0.1) is 13.8 Å². The lowest BCUT2D eigenvalue weighted by molar-refractivity contribution is -0.401. The van der Waals surface area contributed by atoms with Crippen molar-refractivity contribution >= 4 is 28.7 Å². The van der Waals surface area contributed by atoms with Crippen molar-refractivity contribution in [3.63, 3.8) is 0 Å². The zero-order valence-electron chi connectivity index (χ0n) is 20.5. The van der Waals surface area contributed by atoms with E-state index in [1.54, 1.807) is 0 Å². The van der Waals surface area contributed by atoms with E-state index in [-0.39, 0.29) is 10.8 Å². The summed E-state index contributed by atoms with van der Waals surface area (Å²) in [6.07, 6.45) is 8.36. The fourth-order valence-electron chi connectivity index (χ4n) is 5.27. The molecule has 0 saturated carbocycles. The Balaban J connectivity index is 1.63. The van der Waals surface area contributed by atoms with E-state index in [4.69, 9.17) is 11.6 Å². The Bertz CT molecular complexity index is 1220. The maximum atomic E-state index is 6.67. The molecule has 2 aromatic carbocycles. The summed E-state index contributed by atoms with van der Waals surface area (Å²) in [6, 6.07) is 13.4. The second-order valence-electron chi connectivity index (χ2n) is 10.2. The van der Waals surface area contributed by atoms with Crippen molar-refractivity contribution in [2.45, 2.75) is 52.4 Å². The molecule has 2 nitrogen and oxygen atoms in total. The Labute approximate surface area is 198 Å². The number of allylic oxidation sites excluding steroid dienone is 6. The van der Waals surface area contributed by atoms with E-state index in [0.29, 0.717) is 0 Å². The highest BCUT2D eigenvalue weighted by Crippen LogP contribution is 2.47. The van der Waals surface area contributed by atoms with Crippen LogP contribution in [0.15, 0.2) is 71.4 Å². The van der Waals surface area contributed by atoms with E-state index < -0.39 is 0 Å². The normalized spacial score (nSPS) is 20.5. The summed E-state index contributed by atoms with van der Waals surface area (Å²) in [4.78, 5) is 2.28. The molecule has 32 heavy (non-hydrogen) atoms. The summed E-state index contributed by atoms with van der Waals surface area (Å²) >= 11 is 6.67. The zero-order chi connectivity index (χ0) is 23.4. The van der Waals surface area contributed by atoms with Crippen molar-refractivity contribution in [3.8, 4) is 0 Å². The van der Waals surface area contributed by atoms with Gasteiger partial charge in [0.15, 0.2) is 5.71 Å². The van der Waals surface area contributed by atoms with Gasteiger partial charge in [0.25, 0.3) is 0 Å². The molecule has 2 aliphatic rings. The van der Waals surface area contributed by atoms with Crippen LogP contribution in [0.1, 0.15) is 49.9 Å². The smallest absolute Gasteiger partial charge is 0.209 e. The van der Waals surface area contributed by atoms with Crippen LogP contribution in [-0.2, 0) is 10.8 Å². The number of hydrogen-bond acceptors (Lipinski definition) is 1. The van der Waals surface area contributed by atoms with E-state index in [0.717, 1.165) is 5.03 Å². The molecule has 0 N–H and O–H groups in total. The lowest BCUT2D eigenvalue weighted by Gasteiger charge is -2.23.